The van der Waals surface area contributed by atoms with Crippen molar-refractivity contribution in [1.82, 2.24) is 19.5 Å². The monoisotopic (exact) mass is 435 g/mol. The second-order valence-electron chi connectivity index (χ2n) is 7.11. The number of aromatic amines is 1. The maximum Gasteiger partial charge on any atom is 0.335 e. The van der Waals surface area contributed by atoms with Crippen molar-refractivity contribution in [1.29, 1.82) is 0 Å². The van der Waals surface area contributed by atoms with Gasteiger partial charge in [0.15, 0.2) is 0 Å². The molecule has 1 atom stereocenters. The smallest absolute Gasteiger partial charge is 0.335 e. The number of aromatic nitrogens is 3. The molecule has 0 saturated heterocycles. The molecule has 0 bridgehead atoms. The van der Waals surface area contributed by atoms with Gasteiger partial charge in [-0.2, -0.15) is 5.10 Å². The van der Waals surface area contributed by atoms with Gasteiger partial charge >= 0.3 is 5.69 Å². The van der Waals surface area contributed by atoms with E-state index >= 15 is 0 Å². The minimum absolute atomic E-state index is 0.165. The molecule has 2 N–H and O–H groups in total. The highest BCUT2D eigenvalue weighted by atomic mass is 16.5. The van der Waals surface area contributed by atoms with Gasteiger partial charge in [-0.3, -0.25) is 19.6 Å². The summed E-state index contributed by atoms with van der Waals surface area (Å²) in [5.74, 6) is -0.507. The minimum atomic E-state index is -0.829. The van der Waals surface area contributed by atoms with Crippen LogP contribution in [0, 0.1) is 0 Å². The number of hydrogen-bond acceptors (Lipinski definition) is 7. The number of methoxy groups -OCH3 is 1. The van der Waals surface area contributed by atoms with E-state index in [1.54, 1.807) is 49.6 Å². The van der Waals surface area contributed by atoms with Gasteiger partial charge in [-0.05, 0) is 23.8 Å². The number of hydrazone groups is 1. The van der Waals surface area contributed by atoms with Crippen molar-refractivity contribution in [2.45, 2.75) is 25.8 Å². The number of carbonyl (C=O) groups excluding carboxylic acids is 1. The van der Waals surface area contributed by atoms with E-state index in [4.69, 9.17) is 4.74 Å². The lowest BCUT2D eigenvalue weighted by Gasteiger charge is -2.21. The summed E-state index contributed by atoms with van der Waals surface area (Å²) >= 11 is 0. The SMILES string of the molecule is CCC(=O)N1N=C(c2c(O)n(-c3ccccc3OC)c(=O)[nH]c2=O)CC1c1cccnc1. The zero-order valence-corrected chi connectivity index (χ0v) is 17.5. The second kappa shape index (κ2) is 8.50. The number of benzene rings is 1. The number of nitrogens with zero attached hydrogens (tertiary/aromatic N) is 4. The van der Waals surface area contributed by atoms with Crippen LogP contribution in [0.25, 0.3) is 5.69 Å². The summed E-state index contributed by atoms with van der Waals surface area (Å²) in [7, 11) is 1.43. The highest BCUT2D eigenvalue weighted by molar-refractivity contribution is 6.04. The van der Waals surface area contributed by atoms with Crippen LogP contribution in [0.5, 0.6) is 11.6 Å². The van der Waals surface area contributed by atoms with Gasteiger partial charge in [0.25, 0.3) is 5.56 Å². The molecule has 0 spiro atoms. The third kappa shape index (κ3) is 3.55. The summed E-state index contributed by atoms with van der Waals surface area (Å²) in [6.07, 6.45) is 3.61. The van der Waals surface area contributed by atoms with E-state index in [1.165, 1.54) is 12.1 Å². The predicted molar refractivity (Wildman–Crippen MR) is 116 cm³/mol. The standard InChI is InChI=1S/C22H21N5O5/c1-3-18(28)27-16(13-7-6-10-23-12-13)11-14(25-27)19-20(29)24-22(31)26(21(19)30)15-8-4-5-9-17(15)32-2/h4-10,12,16,30H,3,11H2,1-2H3,(H,24,29,31). The third-order valence-electron chi connectivity index (χ3n) is 5.24. The molecule has 0 aliphatic carbocycles. The van der Waals surface area contributed by atoms with Crippen molar-refractivity contribution in [2.24, 2.45) is 5.10 Å². The Morgan fingerprint density at radius 1 is 1.25 bits per heavy atom. The number of hydrogen-bond donors (Lipinski definition) is 2. The summed E-state index contributed by atoms with van der Waals surface area (Å²) in [5.41, 5.74) is -0.641. The van der Waals surface area contributed by atoms with Crippen molar-refractivity contribution >= 4 is 11.6 Å². The predicted octanol–water partition coefficient (Wildman–Crippen LogP) is 1.72. The molecule has 4 rings (SSSR count). The molecule has 1 amide bonds. The molecule has 1 aliphatic rings. The van der Waals surface area contributed by atoms with Crippen molar-refractivity contribution in [3.05, 3.63) is 80.8 Å². The van der Waals surface area contributed by atoms with Crippen LogP contribution in [0.1, 0.15) is 36.9 Å². The zero-order valence-electron chi connectivity index (χ0n) is 17.5. The first-order valence-corrected chi connectivity index (χ1v) is 9.97. The number of ether oxygens (including phenoxy) is 1. The van der Waals surface area contributed by atoms with Crippen LogP contribution in [0.4, 0.5) is 0 Å². The summed E-state index contributed by atoms with van der Waals surface area (Å²) in [4.78, 5) is 44.2. The number of para-hydroxylation sites is 2. The van der Waals surface area contributed by atoms with Crippen molar-refractivity contribution in [3.63, 3.8) is 0 Å². The molecule has 1 aromatic carbocycles. The molecule has 10 nitrogen and oxygen atoms in total. The van der Waals surface area contributed by atoms with Crippen LogP contribution in [-0.2, 0) is 4.79 Å². The first kappa shape index (κ1) is 21.0. The Kier molecular flexibility index (Phi) is 5.59. The third-order valence-corrected chi connectivity index (χ3v) is 5.24. The lowest BCUT2D eigenvalue weighted by Crippen LogP contribution is -2.33. The summed E-state index contributed by atoms with van der Waals surface area (Å²) in [6.45, 7) is 1.71. The van der Waals surface area contributed by atoms with E-state index < -0.39 is 23.2 Å². The normalized spacial score (nSPS) is 15.5. The molecular formula is C22H21N5O5. The van der Waals surface area contributed by atoms with Gasteiger partial charge in [0.2, 0.25) is 11.8 Å². The first-order chi connectivity index (χ1) is 15.5. The Balaban J connectivity index is 1.88. The Labute approximate surface area is 182 Å². The van der Waals surface area contributed by atoms with Gasteiger partial charge in [0, 0.05) is 25.2 Å². The fourth-order valence-corrected chi connectivity index (χ4v) is 3.71. The molecule has 0 fully saturated rings. The van der Waals surface area contributed by atoms with E-state index in [-0.39, 0.29) is 35.7 Å². The second-order valence-corrected chi connectivity index (χ2v) is 7.11. The Hall–Kier alpha value is -4.21. The maximum atomic E-state index is 12.7. The number of aromatic hydroxyl groups is 1. The van der Waals surface area contributed by atoms with Crippen LogP contribution in [-0.4, -0.2) is 43.4 Å². The van der Waals surface area contributed by atoms with Crippen molar-refractivity contribution in [2.75, 3.05) is 7.11 Å². The van der Waals surface area contributed by atoms with E-state index in [2.05, 4.69) is 15.1 Å². The summed E-state index contributed by atoms with van der Waals surface area (Å²) in [5, 5.41) is 16.7. The lowest BCUT2D eigenvalue weighted by molar-refractivity contribution is -0.132. The van der Waals surface area contributed by atoms with Crippen LogP contribution < -0.4 is 16.0 Å². The fraction of sp³-hybridized carbons (Fsp3) is 0.227. The average Bonchev–Trinajstić information content (AvgIpc) is 3.24. The van der Waals surface area contributed by atoms with Gasteiger partial charge in [-0.15, -0.1) is 0 Å². The highest BCUT2D eigenvalue weighted by Gasteiger charge is 2.35. The van der Waals surface area contributed by atoms with Gasteiger partial charge in [-0.1, -0.05) is 25.1 Å². The van der Waals surface area contributed by atoms with Crippen molar-refractivity contribution in [3.8, 4) is 17.3 Å². The Morgan fingerprint density at radius 3 is 2.72 bits per heavy atom. The van der Waals surface area contributed by atoms with Gasteiger partial charge in [-0.25, -0.2) is 14.4 Å². The van der Waals surface area contributed by atoms with Gasteiger partial charge in [0.05, 0.1) is 24.6 Å². The largest absolute Gasteiger partial charge is 0.495 e. The molecule has 0 saturated carbocycles. The molecule has 2 aromatic heterocycles. The molecule has 32 heavy (non-hydrogen) atoms. The minimum Gasteiger partial charge on any atom is -0.495 e. The molecular weight excluding hydrogens is 414 g/mol. The van der Waals surface area contributed by atoms with E-state index in [9.17, 15) is 19.5 Å². The topological polar surface area (TPSA) is 130 Å². The number of H-pyrrole nitrogens is 1. The molecule has 3 heterocycles. The van der Waals surface area contributed by atoms with Crippen molar-refractivity contribution < 1.29 is 14.6 Å². The molecule has 0 radical (unpaired) electrons. The highest BCUT2D eigenvalue weighted by Crippen LogP contribution is 2.34. The molecule has 3 aromatic rings. The summed E-state index contributed by atoms with van der Waals surface area (Å²) in [6, 6.07) is 9.65. The number of amides is 1. The number of nitrogens with one attached hydrogen (secondary N) is 1. The summed E-state index contributed by atoms with van der Waals surface area (Å²) < 4.78 is 6.24. The Morgan fingerprint density at radius 2 is 2.03 bits per heavy atom. The molecule has 164 valence electrons. The number of pyridine rings is 1. The van der Waals surface area contributed by atoms with Crippen LogP contribution >= 0.6 is 0 Å². The van der Waals surface area contributed by atoms with Crippen LogP contribution in [0.3, 0.4) is 0 Å². The maximum absolute atomic E-state index is 12.7. The van der Waals surface area contributed by atoms with Gasteiger partial charge in [0.1, 0.15) is 11.3 Å². The first-order valence-electron chi connectivity index (χ1n) is 9.97. The van der Waals surface area contributed by atoms with E-state index in [0.717, 1.165) is 10.1 Å². The lowest BCUT2D eigenvalue weighted by atomic mass is 10.0. The van der Waals surface area contributed by atoms with E-state index in [0.29, 0.717) is 5.75 Å². The molecule has 1 unspecified atom stereocenters. The van der Waals surface area contributed by atoms with Gasteiger partial charge < -0.3 is 9.84 Å². The molecule has 10 heteroatoms. The number of carbonyl (C=O) groups is 1. The van der Waals surface area contributed by atoms with E-state index in [1.807, 2.05) is 6.07 Å². The number of rotatable bonds is 5. The van der Waals surface area contributed by atoms with Crippen LogP contribution in [0.15, 0.2) is 63.5 Å². The zero-order chi connectivity index (χ0) is 22.8. The Bertz CT molecular complexity index is 1310. The average molecular weight is 435 g/mol. The molecule has 1 aliphatic heterocycles. The fourth-order valence-electron chi connectivity index (χ4n) is 3.71. The van der Waals surface area contributed by atoms with Crippen LogP contribution in [0.2, 0.25) is 0 Å². The quantitative estimate of drug-likeness (QED) is 0.628.